The molecule has 0 unspecified atom stereocenters. The molecule has 1 fully saturated rings. The van der Waals surface area contributed by atoms with Gasteiger partial charge in [-0.15, -0.1) is 0 Å². The normalized spacial score (nSPS) is 18.4. The van der Waals surface area contributed by atoms with Crippen molar-refractivity contribution in [2.45, 2.75) is 4.90 Å². The van der Waals surface area contributed by atoms with Gasteiger partial charge in [-0.1, -0.05) is 17.7 Å². The molecule has 1 aliphatic heterocycles. The molecule has 1 aromatic carbocycles. The smallest absolute Gasteiger partial charge is 0.0417 e. The van der Waals surface area contributed by atoms with E-state index in [2.05, 4.69) is 15.7 Å². The van der Waals surface area contributed by atoms with Crippen LogP contribution in [0.5, 0.6) is 0 Å². The third kappa shape index (κ3) is 2.89. The van der Waals surface area contributed by atoms with Crippen LogP contribution in [0.3, 0.4) is 0 Å². The molecule has 0 radical (unpaired) electrons. The molecule has 2 nitrogen and oxygen atoms in total. The molecule has 1 aliphatic rings. The van der Waals surface area contributed by atoms with Gasteiger partial charge in [-0.25, -0.2) is 4.31 Å². The molecule has 76 valence electrons. The Hall–Kier alpha value is -0.220. The van der Waals surface area contributed by atoms with Crippen LogP contribution in [0.4, 0.5) is 0 Å². The Bertz CT molecular complexity index is 300. The molecule has 0 atom stereocenters. The minimum Gasteiger partial charge on any atom is -0.314 e. The predicted octanol–water partition coefficient (Wildman–Crippen LogP) is 2.25. The fraction of sp³-hybridized carbons (Fsp3) is 0.400. The number of benzene rings is 1. The quantitative estimate of drug-likeness (QED) is 0.782. The minimum atomic E-state index is 0.810. The van der Waals surface area contributed by atoms with Crippen molar-refractivity contribution in [1.82, 2.24) is 9.62 Å². The van der Waals surface area contributed by atoms with Gasteiger partial charge in [0.1, 0.15) is 0 Å². The van der Waals surface area contributed by atoms with Crippen molar-refractivity contribution in [2.24, 2.45) is 0 Å². The number of rotatable bonds is 2. The van der Waals surface area contributed by atoms with Crippen LogP contribution in [0.1, 0.15) is 0 Å². The lowest BCUT2D eigenvalue weighted by molar-refractivity contribution is 0.396. The molecule has 0 saturated carbocycles. The summed E-state index contributed by atoms with van der Waals surface area (Å²) in [7, 11) is 0. The van der Waals surface area contributed by atoms with Crippen LogP contribution in [-0.2, 0) is 0 Å². The Morgan fingerprint density at radius 2 is 2.07 bits per heavy atom. The van der Waals surface area contributed by atoms with Gasteiger partial charge in [0.15, 0.2) is 0 Å². The monoisotopic (exact) mass is 228 g/mol. The molecule has 4 heteroatoms. The fourth-order valence-corrected chi connectivity index (χ4v) is 2.65. The Morgan fingerprint density at radius 1 is 1.29 bits per heavy atom. The van der Waals surface area contributed by atoms with Crippen molar-refractivity contribution in [1.29, 1.82) is 0 Å². The van der Waals surface area contributed by atoms with E-state index in [0.717, 1.165) is 31.2 Å². The summed E-state index contributed by atoms with van der Waals surface area (Å²) in [5, 5.41) is 4.14. The zero-order valence-electron chi connectivity index (χ0n) is 7.87. The van der Waals surface area contributed by atoms with E-state index < -0.39 is 0 Å². The Kier molecular flexibility index (Phi) is 3.70. The summed E-state index contributed by atoms with van der Waals surface area (Å²) in [6.07, 6.45) is 0. The van der Waals surface area contributed by atoms with Crippen molar-refractivity contribution >= 4 is 23.5 Å². The fourth-order valence-electron chi connectivity index (χ4n) is 1.41. The summed E-state index contributed by atoms with van der Waals surface area (Å²) in [6, 6.07) is 8.00. The Balaban J connectivity index is 1.95. The zero-order chi connectivity index (χ0) is 9.80. The van der Waals surface area contributed by atoms with E-state index in [1.807, 2.05) is 18.2 Å². The van der Waals surface area contributed by atoms with Gasteiger partial charge in [0.25, 0.3) is 0 Å². The van der Waals surface area contributed by atoms with E-state index in [4.69, 9.17) is 11.6 Å². The number of piperazine rings is 1. The molecule has 1 aromatic rings. The summed E-state index contributed by atoms with van der Waals surface area (Å²) in [6.45, 7) is 4.34. The van der Waals surface area contributed by atoms with Crippen molar-refractivity contribution in [3.05, 3.63) is 29.3 Å². The first kappa shape index (κ1) is 10.3. The summed E-state index contributed by atoms with van der Waals surface area (Å²) in [5.74, 6) is 0. The molecule has 0 amide bonds. The summed E-state index contributed by atoms with van der Waals surface area (Å²) >= 11 is 7.71. The molecule has 1 saturated heterocycles. The molecular weight excluding hydrogens is 216 g/mol. The highest BCUT2D eigenvalue weighted by Gasteiger charge is 2.10. The van der Waals surface area contributed by atoms with Crippen LogP contribution >= 0.6 is 23.5 Å². The van der Waals surface area contributed by atoms with Gasteiger partial charge in [0.05, 0.1) is 0 Å². The second-order valence-electron chi connectivity index (χ2n) is 3.23. The molecule has 0 bridgehead atoms. The van der Waals surface area contributed by atoms with Gasteiger partial charge >= 0.3 is 0 Å². The highest BCUT2D eigenvalue weighted by atomic mass is 35.5. The lowest BCUT2D eigenvalue weighted by atomic mass is 10.4. The highest BCUT2D eigenvalue weighted by molar-refractivity contribution is 7.97. The topological polar surface area (TPSA) is 15.3 Å². The first-order valence-electron chi connectivity index (χ1n) is 4.74. The second-order valence-corrected chi connectivity index (χ2v) is 4.83. The maximum Gasteiger partial charge on any atom is 0.0417 e. The lowest BCUT2D eigenvalue weighted by Crippen LogP contribution is -2.39. The molecule has 1 heterocycles. The van der Waals surface area contributed by atoms with E-state index >= 15 is 0 Å². The predicted molar refractivity (Wildman–Crippen MR) is 61.8 cm³/mol. The van der Waals surface area contributed by atoms with Gasteiger partial charge in [0, 0.05) is 36.1 Å². The average Bonchev–Trinajstić information content (AvgIpc) is 2.19. The highest BCUT2D eigenvalue weighted by Crippen LogP contribution is 2.24. The molecule has 0 aliphatic carbocycles. The molecule has 2 rings (SSSR count). The molecule has 0 aromatic heterocycles. The average molecular weight is 229 g/mol. The third-order valence-electron chi connectivity index (χ3n) is 2.11. The maximum atomic E-state index is 5.92. The van der Waals surface area contributed by atoms with Gasteiger partial charge in [-0.2, -0.15) is 0 Å². The Labute approximate surface area is 93.8 Å². The zero-order valence-corrected chi connectivity index (χ0v) is 9.44. The molecule has 14 heavy (non-hydrogen) atoms. The number of hydrogen-bond acceptors (Lipinski definition) is 3. The first-order valence-corrected chi connectivity index (χ1v) is 5.89. The lowest BCUT2D eigenvalue weighted by Gasteiger charge is -2.25. The van der Waals surface area contributed by atoms with Crippen LogP contribution in [0.2, 0.25) is 5.02 Å². The van der Waals surface area contributed by atoms with Crippen molar-refractivity contribution < 1.29 is 0 Å². The number of halogens is 1. The van der Waals surface area contributed by atoms with Crippen LogP contribution in [0.15, 0.2) is 29.2 Å². The van der Waals surface area contributed by atoms with Crippen molar-refractivity contribution in [3.8, 4) is 0 Å². The summed E-state index contributed by atoms with van der Waals surface area (Å²) < 4.78 is 2.36. The standard InChI is InChI=1S/C10H13ClN2S/c11-9-2-1-3-10(8-9)14-13-6-4-12-5-7-13/h1-3,8,12H,4-7H2. The van der Waals surface area contributed by atoms with Gasteiger partial charge in [-0.3, -0.25) is 0 Å². The number of nitrogens with one attached hydrogen (secondary N) is 1. The van der Waals surface area contributed by atoms with Crippen LogP contribution in [-0.4, -0.2) is 30.5 Å². The molecule has 1 N–H and O–H groups in total. The minimum absolute atomic E-state index is 0.810. The SMILES string of the molecule is Clc1cccc(SN2CCNCC2)c1. The van der Waals surface area contributed by atoms with Crippen molar-refractivity contribution in [2.75, 3.05) is 26.2 Å². The second kappa shape index (κ2) is 5.03. The van der Waals surface area contributed by atoms with Crippen LogP contribution in [0.25, 0.3) is 0 Å². The Morgan fingerprint density at radius 3 is 2.79 bits per heavy atom. The van der Waals surface area contributed by atoms with E-state index in [0.29, 0.717) is 0 Å². The van der Waals surface area contributed by atoms with Gasteiger partial charge < -0.3 is 5.32 Å². The molecule has 0 spiro atoms. The summed E-state index contributed by atoms with van der Waals surface area (Å²) in [4.78, 5) is 1.22. The number of nitrogens with zero attached hydrogens (tertiary/aromatic N) is 1. The van der Waals surface area contributed by atoms with Crippen LogP contribution < -0.4 is 5.32 Å². The van der Waals surface area contributed by atoms with E-state index in [-0.39, 0.29) is 0 Å². The maximum absolute atomic E-state index is 5.92. The van der Waals surface area contributed by atoms with E-state index in [9.17, 15) is 0 Å². The summed E-state index contributed by atoms with van der Waals surface area (Å²) in [5.41, 5.74) is 0. The largest absolute Gasteiger partial charge is 0.314 e. The molecular formula is C10H13ClN2S. The van der Waals surface area contributed by atoms with E-state index in [1.54, 1.807) is 11.9 Å². The van der Waals surface area contributed by atoms with Crippen LogP contribution in [0, 0.1) is 0 Å². The van der Waals surface area contributed by atoms with Gasteiger partial charge in [-0.05, 0) is 30.1 Å². The van der Waals surface area contributed by atoms with E-state index in [1.165, 1.54) is 4.90 Å². The first-order chi connectivity index (χ1) is 6.84. The van der Waals surface area contributed by atoms with Crippen molar-refractivity contribution in [3.63, 3.8) is 0 Å². The van der Waals surface area contributed by atoms with Gasteiger partial charge in [0.2, 0.25) is 0 Å². The number of hydrogen-bond donors (Lipinski definition) is 1. The third-order valence-corrected chi connectivity index (χ3v) is 3.43.